The summed E-state index contributed by atoms with van der Waals surface area (Å²) in [4.78, 5) is 12.8. The van der Waals surface area contributed by atoms with E-state index in [-0.39, 0.29) is 5.91 Å². The maximum absolute atomic E-state index is 12.8. The lowest BCUT2D eigenvalue weighted by Gasteiger charge is -2.11. The molecular weight excluding hydrogens is 450 g/mol. The van der Waals surface area contributed by atoms with Gasteiger partial charge < -0.3 is 9.73 Å². The zero-order chi connectivity index (χ0) is 24.1. The Hall–Kier alpha value is -3.45. The standard InChI is InChI=1S/C26H28ClN5O2/c1-17(2)10-11-23-16-24(26-30-29-18(3)34-26)31-32(23)22-9-5-7-20(15-22)25(33)28-13-12-19-6-4-8-21(27)14-19/h4-9,14-17H,10-13H2,1-3H3,(H,28,33). The minimum Gasteiger partial charge on any atom is -0.420 e. The molecule has 0 atom stereocenters. The maximum Gasteiger partial charge on any atom is 0.268 e. The molecule has 34 heavy (non-hydrogen) atoms. The van der Waals surface area contributed by atoms with Crippen LogP contribution in [0.5, 0.6) is 0 Å². The molecule has 0 saturated heterocycles. The largest absolute Gasteiger partial charge is 0.420 e. The SMILES string of the molecule is Cc1nnc(-c2cc(CCC(C)C)n(-c3cccc(C(=O)NCCc4cccc(Cl)c4)c3)n2)o1. The summed E-state index contributed by atoms with van der Waals surface area (Å²) >= 11 is 6.04. The molecule has 0 fully saturated rings. The van der Waals surface area contributed by atoms with Crippen LogP contribution < -0.4 is 5.32 Å². The monoisotopic (exact) mass is 477 g/mol. The van der Waals surface area contributed by atoms with Crippen molar-refractivity contribution in [1.29, 1.82) is 0 Å². The van der Waals surface area contributed by atoms with Crippen LogP contribution in [-0.4, -0.2) is 32.4 Å². The normalized spacial score (nSPS) is 11.2. The van der Waals surface area contributed by atoms with Gasteiger partial charge in [-0.2, -0.15) is 5.10 Å². The van der Waals surface area contributed by atoms with Gasteiger partial charge in [0, 0.05) is 29.7 Å². The number of carbonyl (C=O) groups is 1. The Morgan fingerprint density at radius 2 is 1.91 bits per heavy atom. The molecule has 0 aliphatic rings. The summed E-state index contributed by atoms with van der Waals surface area (Å²) in [5.41, 5.74) is 4.11. The highest BCUT2D eigenvalue weighted by atomic mass is 35.5. The second-order valence-corrected chi connectivity index (χ2v) is 9.11. The van der Waals surface area contributed by atoms with Gasteiger partial charge in [0.2, 0.25) is 5.89 Å². The Morgan fingerprint density at radius 1 is 1.09 bits per heavy atom. The van der Waals surface area contributed by atoms with E-state index >= 15 is 0 Å². The fourth-order valence-corrected chi connectivity index (χ4v) is 3.87. The third-order valence-corrected chi connectivity index (χ3v) is 5.68. The summed E-state index contributed by atoms with van der Waals surface area (Å²) < 4.78 is 7.44. The molecule has 4 rings (SSSR count). The first kappa shape index (κ1) is 23.7. The van der Waals surface area contributed by atoms with Gasteiger partial charge in [0.25, 0.3) is 11.8 Å². The lowest BCUT2D eigenvalue weighted by atomic mass is 10.1. The zero-order valence-electron chi connectivity index (χ0n) is 19.6. The molecule has 4 aromatic rings. The topological polar surface area (TPSA) is 85.8 Å². The summed E-state index contributed by atoms with van der Waals surface area (Å²) in [6, 6.07) is 17.1. The van der Waals surface area contributed by atoms with Gasteiger partial charge in [-0.25, -0.2) is 4.68 Å². The van der Waals surface area contributed by atoms with Crippen LogP contribution in [0.4, 0.5) is 0 Å². The second kappa shape index (κ2) is 10.7. The molecule has 0 unspecified atom stereocenters. The number of hydrogen-bond acceptors (Lipinski definition) is 5. The second-order valence-electron chi connectivity index (χ2n) is 8.68. The molecule has 1 amide bonds. The van der Waals surface area contributed by atoms with Crippen LogP contribution >= 0.6 is 11.6 Å². The molecule has 0 saturated carbocycles. The van der Waals surface area contributed by atoms with E-state index < -0.39 is 0 Å². The molecule has 0 bridgehead atoms. The zero-order valence-corrected chi connectivity index (χ0v) is 20.3. The van der Waals surface area contributed by atoms with Crippen LogP contribution in [-0.2, 0) is 12.8 Å². The molecule has 0 aliphatic carbocycles. The maximum atomic E-state index is 12.8. The highest BCUT2D eigenvalue weighted by Gasteiger charge is 2.17. The van der Waals surface area contributed by atoms with Crippen molar-refractivity contribution in [1.82, 2.24) is 25.3 Å². The van der Waals surface area contributed by atoms with E-state index in [9.17, 15) is 4.79 Å². The number of rotatable bonds is 9. The Bertz CT molecular complexity index is 1280. The molecule has 176 valence electrons. The van der Waals surface area contributed by atoms with Crippen molar-refractivity contribution < 1.29 is 9.21 Å². The van der Waals surface area contributed by atoms with Crippen molar-refractivity contribution in [2.45, 2.75) is 40.0 Å². The molecule has 8 heteroatoms. The number of halogens is 1. The van der Waals surface area contributed by atoms with Crippen LogP contribution in [0.25, 0.3) is 17.3 Å². The molecular formula is C26H28ClN5O2. The van der Waals surface area contributed by atoms with Gasteiger partial charge >= 0.3 is 0 Å². The fourth-order valence-electron chi connectivity index (χ4n) is 3.66. The summed E-state index contributed by atoms with van der Waals surface area (Å²) in [6.07, 6.45) is 2.56. The number of hydrogen-bond donors (Lipinski definition) is 1. The van der Waals surface area contributed by atoms with Crippen molar-refractivity contribution in [3.63, 3.8) is 0 Å². The molecule has 2 aromatic carbocycles. The third-order valence-electron chi connectivity index (χ3n) is 5.45. The Kier molecular flexibility index (Phi) is 7.43. The van der Waals surface area contributed by atoms with Crippen LogP contribution in [0.3, 0.4) is 0 Å². The van der Waals surface area contributed by atoms with Gasteiger partial charge in [0.1, 0.15) is 5.69 Å². The van der Waals surface area contributed by atoms with Crippen molar-refractivity contribution in [3.8, 4) is 17.3 Å². The first-order chi connectivity index (χ1) is 16.4. The first-order valence-electron chi connectivity index (χ1n) is 11.4. The number of nitrogens with zero attached hydrogens (tertiary/aromatic N) is 4. The van der Waals surface area contributed by atoms with Gasteiger partial charge in [0.15, 0.2) is 0 Å². The van der Waals surface area contributed by atoms with E-state index in [1.165, 1.54) is 0 Å². The van der Waals surface area contributed by atoms with E-state index in [2.05, 4.69) is 29.4 Å². The average molecular weight is 478 g/mol. The minimum atomic E-state index is -0.132. The third kappa shape index (κ3) is 5.91. The van der Waals surface area contributed by atoms with Crippen LogP contribution in [0.1, 0.15) is 47.8 Å². The first-order valence-corrected chi connectivity index (χ1v) is 11.8. The van der Waals surface area contributed by atoms with Gasteiger partial charge in [-0.1, -0.05) is 43.6 Å². The van der Waals surface area contributed by atoms with E-state index in [0.717, 1.165) is 29.8 Å². The van der Waals surface area contributed by atoms with Crippen LogP contribution in [0.15, 0.2) is 59.0 Å². The van der Waals surface area contributed by atoms with Crippen molar-refractivity contribution in [3.05, 3.63) is 82.3 Å². The molecule has 0 radical (unpaired) electrons. The quantitative estimate of drug-likeness (QED) is 0.346. The van der Waals surface area contributed by atoms with Gasteiger partial charge in [-0.05, 0) is 67.1 Å². The number of carbonyl (C=O) groups excluding carboxylic acids is 1. The highest BCUT2D eigenvalue weighted by Crippen LogP contribution is 2.23. The highest BCUT2D eigenvalue weighted by molar-refractivity contribution is 6.30. The van der Waals surface area contributed by atoms with E-state index in [0.29, 0.717) is 46.9 Å². The number of aryl methyl sites for hydroxylation is 2. The van der Waals surface area contributed by atoms with Gasteiger partial charge in [-0.15, -0.1) is 10.2 Å². The number of benzene rings is 2. The van der Waals surface area contributed by atoms with Crippen molar-refractivity contribution in [2.75, 3.05) is 6.54 Å². The Morgan fingerprint density at radius 3 is 2.65 bits per heavy atom. The predicted octanol–water partition coefficient (Wildman–Crippen LogP) is 5.45. The van der Waals surface area contributed by atoms with Crippen LogP contribution in [0.2, 0.25) is 5.02 Å². The smallest absolute Gasteiger partial charge is 0.268 e. The molecule has 7 nitrogen and oxygen atoms in total. The molecule has 0 aliphatic heterocycles. The van der Waals surface area contributed by atoms with Gasteiger partial charge in [-0.3, -0.25) is 4.79 Å². The predicted molar refractivity (Wildman–Crippen MR) is 132 cm³/mol. The summed E-state index contributed by atoms with van der Waals surface area (Å²) in [5.74, 6) is 1.29. The summed E-state index contributed by atoms with van der Waals surface area (Å²) in [5, 5.41) is 16.4. The van der Waals surface area contributed by atoms with E-state index in [1.54, 1.807) is 13.0 Å². The lowest BCUT2D eigenvalue weighted by molar-refractivity contribution is 0.0954. The number of nitrogens with one attached hydrogen (secondary N) is 1. The van der Waals surface area contributed by atoms with E-state index in [1.807, 2.05) is 53.2 Å². The molecule has 2 heterocycles. The minimum absolute atomic E-state index is 0.132. The summed E-state index contributed by atoms with van der Waals surface area (Å²) in [6.45, 7) is 6.65. The Balaban J connectivity index is 1.53. The van der Waals surface area contributed by atoms with Gasteiger partial charge in [0.05, 0.1) is 5.69 Å². The molecule has 2 aromatic heterocycles. The number of aromatic nitrogens is 4. The lowest BCUT2D eigenvalue weighted by Crippen LogP contribution is -2.25. The Labute approximate surface area is 204 Å². The fraction of sp³-hybridized carbons (Fsp3) is 0.308. The van der Waals surface area contributed by atoms with Crippen molar-refractivity contribution >= 4 is 17.5 Å². The van der Waals surface area contributed by atoms with Crippen LogP contribution in [0, 0.1) is 12.8 Å². The van der Waals surface area contributed by atoms with E-state index in [4.69, 9.17) is 21.1 Å². The van der Waals surface area contributed by atoms with Crippen molar-refractivity contribution in [2.24, 2.45) is 5.92 Å². The number of amides is 1. The average Bonchev–Trinajstić information content (AvgIpc) is 3.44. The molecule has 1 N–H and O–H groups in total. The molecule has 0 spiro atoms. The summed E-state index contributed by atoms with van der Waals surface area (Å²) in [7, 11) is 0.